The van der Waals surface area contributed by atoms with Gasteiger partial charge in [0.15, 0.2) is 5.96 Å². The Hall–Kier alpha value is -1.36. The van der Waals surface area contributed by atoms with Gasteiger partial charge < -0.3 is 10.6 Å². The van der Waals surface area contributed by atoms with Crippen molar-refractivity contribution in [2.24, 2.45) is 4.99 Å². The highest BCUT2D eigenvalue weighted by Gasteiger charge is 2.11. The van der Waals surface area contributed by atoms with E-state index in [1.807, 2.05) is 6.07 Å². The molecule has 3 nitrogen and oxygen atoms in total. The maximum Gasteiger partial charge on any atom is 0.191 e. The fourth-order valence-corrected chi connectivity index (χ4v) is 2.30. The summed E-state index contributed by atoms with van der Waals surface area (Å²) >= 11 is 3.24. The predicted molar refractivity (Wildman–Crippen MR) is 79.6 cm³/mol. The smallest absolute Gasteiger partial charge is 0.191 e. The van der Waals surface area contributed by atoms with Crippen molar-refractivity contribution in [1.29, 1.82) is 0 Å². The molecule has 2 rings (SSSR count). The first-order valence-corrected chi connectivity index (χ1v) is 7.04. The molecule has 0 fully saturated rings. The Morgan fingerprint density at radius 1 is 1.42 bits per heavy atom. The van der Waals surface area contributed by atoms with Crippen molar-refractivity contribution in [3.8, 4) is 0 Å². The van der Waals surface area contributed by atoms with Crippen LogP contribution in [0.2, 0.25) is 0 Å². The van der Waals surface area contributed by atoms with Crippen LogP contribution in [0.4, 0.5) is 4.39 Å². The molecule has 0 heterocycles. The Labute approximate surface area is 121 Å². The summed E-state index contributed by atoms with van der Waals surface area (Å²) in [6.07, 6.45) is 6.32. The van der Waals surface area contributed by atoms with Crippen LogP contribution in [0.3, 0.4) is 0 Å². The molecule has 19 heavy (non-hydrogen) atoms. The molecule has 0 radical (unpaired) electrons. The monoisotopic (exact) mass is 325 g/mol. The van der Waals surface area contributed by atoms with Gasteiger partial charge in [-0.05, 0) is 25.0 Å². The van der Waals surface area contributed by atoms with Crippen molar-refractivity contribution >= 4 is 21.9 Å². The van der Waals surface area contributed by atoms with Gasteiger partial charge in [-0.25, -0.2) is 4.39 Å². The van der Waals surface area contributed by atoms with Gasteiger partial charge in [0.25, 0.3) is 0 Å². The summed E-state index contributed by atoms with van der Waals surface area (Å²) in [5.74, 6) is 0.482. The SMILES string of the molecule is CN=C(NCc1ccc(Br)cc1F)NC1CC=CC1. The van der Waals surface area contributed by atoms with E-state index in [2.05, 4.69) is 43.7 Å². The third-order valence-electron chi connectivity index (χ3n) is 3.03. The molecular formula is C14H17BrFN3. The van der Waals surface area contributed by atoms with E-state index in [0.717, 1.165) is 17.3 Å². The normalized spacial score (nSPS) is 15.8. The second kappa shape index (κ2) is 6.70. The molecule has 1 aromatic carbocycles. The van der Waals surface area contributed by atoms with Gasteiger partial charge in [0.2, 0.25) is 0 Å². The molecule has 0 saturated carbocycles. The van der Waals surface area contributed by atoms with Crippen molar-refractivity contribution < 1.29 is 4.39 Å². The minimum absolute atomic E-state index is 0.222. The summed E-state index contributed by atoms with van der Waals surface area (Å²) < 4.78 is 14.4. The second-order valence-corrected chi connectivity index (χ2v) is 5.36. The number of guanidine groups is 1. The molecule has 0 spiro atoms. The molecule has 1 aromatic rings. The molecule has 0 bridgehead atoms. The lowest BCUT2D eigenvalue weighted by atomic mass is 10.2. The Balaban J connectivity index is 1.89. The Bertz CT molecular complexity index is 491. The van der Waals surface area contributed by atoms with Crippen LogP contribution in [-0.4, -0.2) is 19.0 Å². The lowest BCUT2D eigenvalue weighted by Crippen LogP contribution is -2.42. The second-order valence-electron chi connectivity index (χ2n) is 4.45. The van der Waals surface area contributed by atoms with Gasteiger partial charge >= 0.3 is 0 Å². The van der Waals surface area contributed by atoms with E-state index in [1.165, 1.54) is 6.07 Å². The van der Waals surface area contributed by atoms with Crippen LogP contribution in [0.15, 0.2) is 39.8 Å². The fourth-order valence-electron chi connectivity index (χ4n) is 1.97. The molecule has 5 heteroatoms. The van der Waals surface area contributed by atoms with Gasteiger partial charge in [0, 0.05) is 29.7 Å². The van der Waals surface area contributed by atoms with E-state index in [9.17, 15) is 4.39 Å². The number of hydrogen-bond donors (Lipinski definition) is 2. The fraction of sp³-hybridized carbons (Fsp3) is 0.357. The summed E-state index contributed by atoms with van der Waals surface area (Å²) in [6.45, 7) is 0.416. The summed E-state index contributed by atoms with van der Waals surface area (Å²) in [5.41, 5.74) is 0.621. The van der Waals surface area contributed by atoms with Gasteiger partial charge in [0.05, 0.1) is 0 Å². The highest BCUT2D eigenvalue weighted by atomic mass is 79.9. The number of nitrogens with zero attached hydrogens (tertiary/aromatic N) is 1. The van der Waals surface area contributed by atoms with E-state index < -0.39 is 0 Å². The molecular weight excluding hydrogens is 309 g/mol. The van der Waals surface area contributed by atoms with Gasteiger partial charge in [0.1, 0.15) is 5.82 Å². The maximum absolute atomic E-state index is 13.7. The first kappa shape index (κ1) is 14.1. The zero-order valence-electron chi connectivity index (χ0n) is 10.8. The average Bonchev–Trinajstić information content (AvgIpc) is 2.89. The van der Waals surface area contributed by atoms with Crippen LogP contribution in [0.5, 0.6) is 0 Å². The van der Waals surface area contributed by atoms with Crippen LogP contribution < -0.4 is 10.6 Å². The zero-order chi connectivity index (χ0) is 13.7. The maximum atomic E-state index is 13.7. The van der Waals surface area contributed by atoms with E-state index in [4.69, 9.17) is 0 Å². The summed E-state index contributed by atoms with van der Waals surface area (Å²) in [5, 5.41) is 6.44. The van der Waals surface area contributed by atoms with E-state index in [-0.39, 0.29) is 5.82 Å². The molecule has 102 valence electrons. The van der Waals surface area contributed by atoms with Gasteiger partial charge in [-0.15, -0.1) is 0 Å². The number of hydrogen-bond acceptors (Lipinski definition) is 1. The topological polar surface area (TPSA) is 36.4 Å². The largest absolute Gasteiger partial charge is 0.353 e. The highest BCUT2D eigenvalue weighted by molar-refractivity contribution is 9.10. The zero-order valence-corrected chi connectivity index (χ0v) is 12.4. The van der Waals surface area contributed by atoms with E-state index in [1.54, 1.807) is 13.1 Å². The van der Waals surface area contributed by atoms with Crippen molar-refractivity contribution in [1.82, 2.24) is 10.6 Å². The number of halogens is 2. The average molecular weight is 326 g/mol. The predicted octanol–water partition coefficient (Wildman–Crippen LogP) is 2.97. The van der Waals surface area contributed by atoms with Crippen LogP contribution >= 0.6 is 15.9 Å². The van der Waals surface area contributed by atoms with Crippen molar-refractivity contribution in [2.75, 3.05) is 7.05 Å². The van der Waals surface area contributed by atoms with E-state index >= 15 is 0 Å². The van der Waals surface area contributed by atoms with Crippen molar-refractivity contribution in [3.05, 3.63) is 46.2 Å². The van der Waals surface area contributed by atoms with E-state index in [0.29, 0.717) is 24.1 Å². The third-order valence-corrected chi connectivity index (χ3v) is 3.53. The molecule has 0 unspecified atom stereocenters. The number of nitrogens with one attached hydrogen (secondary N) is 2. The molecule has 1 aliphatic carbocycles. The van der Waals surface area contributed by atoms with Crippen molar-refractivity contribution in [3.63, 3.8) is 0 Å². The third kappa shape index (κ3) is 4.06. The quantitative estimate of drug-likeness (QED) is 0.509. The molecule has 0 aromatic heterocycles. The molecule has 0 amide bonds. The number of benzene rings is 1. The first-order valence-electron chi connectivity index (χ1n) is 6.25. The summed E-state index contributed by atoms with van der Waals surface area (Å²) in [6, 6.07) is 5.45. The van der Waals surface area contributed by atoms with Gasteiger partial charge in [-0.3, -0.25) is 4.99 Å². The standard InChI is InChI=1S/C14H17BrFN3/c1-17-14(19-12-4-2-3-5-12)18-9-10-6-7-11(15)8-13(10)16/h2-3,6-8,12H,4-5,9H2,1H3,(H2,17,18,19). The van der Waals surface area contributed by atoms with Gasteiger partial charge in [-0.1, -0.05) is 34.1 Å². The minimum Gasteiger partial charge on any atom is -0.353 e. The van der Waals surface area contributed by atoms with Crippen LogP contribution in [0, 0.1) is 5.82 Å². The van der Waals surface area contributed by atoms with Crippen LogP contribution in [-0.2, 0) is 6.54 Å². The molecule has 1 aliphatic rings. The van der Waals surface area contributed by atoms with Crippen molar-refractivity contribution in [2.45, 2.75) is 25.4 Å². The Morgan fingerprint density at radius 3 is 2.79 bits per heavy atom. The molecule has 0 atom stereocenters. The van der Waals surface area contributed by atoms with Gasteiger partial charge in [-0.2, -0.15) is 0 Å². The van der Waals surface area contributed by atoms with Crippen LogP contribution in [0.25, 0.3) is 0 Å². The molecule has 0 aliphatic heterocycles. The lowest BCUT2D eigenvalue weighted by molar-refractivity contribution is 0.598. The summed E-state index contributed by atoms with van der Waals surface area (Å²) in [4.78, 5) is 4.15. The number of rotatable bonds is 3. The lowest BCUT2D eigenvalue weighted by Gasteiger charge is -2.17. The minimum atomic E-state index is -0.222. The summed E-state index contributed by atoms with van der Waals surface area (Å²) in [7, 11) is 1.72. The molecule has 2 N–H and O–H groups in total. The number of aliphatic imine (C=N–C) groups is 1. The highest BCUT2D eigenvalue weighted by Crippen LogP contribution is 2.15. The molecule has 0 saturated heterocycles. The Morgan fingerprint density at radius 2 is 2.16 bits per heavy atom. The Kier molecular flexibility index (Phi) is 4.96. The first-order chi connectivity index (χ1) is 9.19. The van der Waals surface area contributed by atoms with Crippen LogP contribution in [0.1, 0.15) is 18.4 Å².